The molecule has 0 aromatic heterocycles. The number of ether oxygens (including phenoxy) is 2. The number of benzene rings is 2. The van der Waals surface area contributed by atoms with Crippen LogP contribution in [0.4, 0.5) is 8.78 Å². The average molecular weight is 441 g/mol. The number of hydrogen-bond donors (Lipinski definition) is 0. The van der Waals surface area contributed by atoms with E-state index in [4.69, 9.17) is 9.47 Å². The van der Waals surface area contributed by atoms with E-state index in [1.54, 1.807) is 30.3 Å². The molecule has 32 heavy (non-hydrogen) atoms. The molecule has 5 rings (SSSR count). The number of halogens is 2. The van der Waals surface area contributed by atoms with Gasteiger partial charge in [0.15, 0.2) is 5.79 Å². The van der Waals surface area contributed by atoms with E-state index >= 15 is 0 Å². The van der Waals surface area contributed by atoms with Crippen LogP contribution in [0.25, 0.3) is 0 Å². The number of carbonyl (C=O) groups is 1. The number of likely N-dealkylation sites (tertiary alicyclic amines) is 1. The van der Waals surface area contributed by atoms with Crippen molar-refractivity contribution in [2.24, 2.45) is 5.10 Å². The molecule has 1 amide bonds. The van der Waals surface area contributed by atoms with Gasteiger partial charge in [-0.1, -0.05) is 30.3 Å². The van der Waals surface area contributed by atoms with Crippen LogP contribution in [-0.4, -0.2) is 60.2 Å². The third-order valence-corrected chi connectivity index (χ3v) is 6.40. The standard InChI is InChI=1S/C24H25F2N3O3/c25-18-7-5-17(6-8-18)21-15-22(19-3-1-2-4-20(19)26)29(27-21)23(30)16-28-11-9-24(10-12-28)31-13-14-32-24/h1-8,22H,9-16H2. The maximum atomic E-state index is 14.6. The molecule has 1 spiro atoms. The maximum absolute atomic E-state index is 14.6. The summed E-state index contributed by atoms with van der Waals surface area (Å²) in [6, 6.07) is 11.9. The van der Waals surface area contributed by atoms with Gasteiger partial charge >= 0.3 is 0 Å². The molecule has 3 aliphatic heterocycles. The summed E-state index contributed by atoms with van der Waals surface area (Å²) in [5.74, 6) is -1.42. The molecule has 0 aliphatic carbocycles. The minimum atomic E-state index is -0.540. The number of hydrogen-bond acceptors (Lipinski definition) is 5. The second-order valence-electron chi connectivity index (χ2n) is 8.42. The fourth-order valence-corrected chi connectivity index (χ4v) is 4.65. The molecule has 0 saturated carbocycles. The smallest absolute Gasteiger partial charge is 0.257 e. The molecule has 3 aliphatic rings. The molecule has 1 unspecified atom stereocenters. The Balaban J connectivity index is 1.35. The molecule has 168 valence electrons. The van der Waals surface area contributed by atoms with Gasteiger partial charge in [0.2, 0.25) is 0 Å². The number of nitrogens with zero attached hydrogens (tertiary/aromatic N) is 3. The minimum Gasteiger partial charge on any atom is -0.347 e. The first-order valence-electron chi connectivity index (χ1n) is 10.9. The van der Waals surface area contributed by atoms with Gasteiger partial charge in [-0.2, -0.15) is 5.10 Å². The first-order chi connectivity index (χ1) is 15.5. The van der Waals surface area contributed by atoms with E-state index < -0.39 is 11.8 Å². The van der Waals surface area contributed by atoms with Gasteiger partial charge in [0.05, 0.1) is 31.5 Å². The van der Waals surface area contributed by atoms with Crippen molar-refractivity contribution < 1.29 is 23.0 Å². The second-order valence-corrected chi connectivity index (χ2v) is 8.42. The maximum Gasteiger partial charge on any atom is 0.257 e. The van der Waals surface area contributed by atoms with E-state index in [-0.39, 0.29) is 24.1 Å². The lowest BCUT2D eigenvalue weighted by Crippen LogP contribution is -2.48. The lowest BCUT2D eigenvalue weighted by molar-refractivity contribution is -0.186. The van der Waals surface area contributed by atoms with Crippen LogP contribution in [0.15, 0.2) is 53.6 Å². The van der Waals surface area contributed by atoms with Crippen LogP contribution in [0.5, 0.6) is 0 Å². The summed E-state index contributed by atoms with van der Waals surface area (Å²) in [6.07, 6.45) is 1.78. The van der Waals surface area contributed by atoms with Crippen LogP contribution in [0.1, 0.15) is 36.4 Å². The molecule has 2 saturated heterocycles. The van der Waals surface area contributed by atoms with Crippen molar-refractivity contribution in [3.05, 3.63) is 71.3 Å². The highest BCUT2D eigenvalue weighted by molar-refractivity contribution is 6.03. The largest absolute Gasteiger partial charge is 0.347 e. The number of rotatable bonds is 4. The van der Waals surface area contributed by atoms with E-state index in [9.17, 15) is 13.6 Å². The number of piperidine rings is 1. The third-order valence-electron chi connectivity index (χ3n) is 6.40. The third kappa shape index (κ3) is 4.18. The van der Waals surface area contributed by atoms with Crippen molar-refractivity contribution in [1.82, 2.24) is 9.91 Å². The summed E-state index contributed by atoms with van der Waals surface area (Å²) < 4.78 is 39.5. The van der Waals surface area contributed by atoms with E-state index in [0.29, 0.717) is 56.8 Å². The minimum absolute atomic E-state index is 0.182. The monoisotopic (exact) mass is 441 g/mol. The highest BCUT2D eigenvalue weighted by Gasteiger charge is 2.41. The van der Waals surface area contributed by atoms with Gasteiger partial charge in [-0.3, -0.25) is 9.69 Å². The van der Waals surface area contributed by atoms with Gasteiger partial charge < -0.3 is 9.47 Å². The second kappa shape index (κ2) is 8.69. The molecule has 2 aromatic carbocycles. The van der Waals surface area contributed by atoms with Crippen molar-refractivity contribution in [1.29, 1.82) is 0 Å². The zero-order valence-corrected chi connectivity index (χ0v) is 17.7. The first-order valence-corrected chi connectivity index (χ1v) is 10.9. The van der Waals surface area contributed by atoms with Gasteiger partial charge in [0.1, 0.15) is 11.6 Å². The SMILES string of the molecule is O=C(CN1CCC2(CC1)OCCO2)N1N=C(c2ccc(F)cc2)CC1c1ccccc1F. The highest BCUT2D eigenvalue weighted by atomic mass is 19.1. The van der Waals surface area contributed by atoms with Crippen LogP contribution >= 0.6 is 0 Å². The van der Waals surface area contributed by atoms with Gasteiger partial charge in [0.25, 0.3) is 5.91 Å². The highest BCUT2D eigenvalue weighted by Crippen LogP contribution is 2.35. The zero-order valence-electron chi connectivity index (χ0n) is 17.7. The Morgan fingerprint density at radius 2 is 1.72 bits per heavy atom. The van der Waals surface area contributed by atoms with Gasteiger partial charge in [0, 0.05) is 37.9 Å². The van der Waals surface area contributed by atoms with Gasteiger partial charge in [-0.15, -0.1) is 0 Å². The Morgan fingerprint density at radius 3 is 2.41 bits per heavy atom. The predicted molar refractivity (Wildman–Crippen MR) is 114 cm³/mol. The van der Waals surface area contributed by atoms with Crippen LogP contribution in [0.3, 0.4) is 0 Å². The Bertz CT molecular complexity index is 1010. The summed E-state index contributed by atoms with van der Waals surface area (Å²) in [6.45, 7) is 2.76. The summed E-state index contributed by atoms with van der Waals surface area (Å²) >= 11 is 0. The van der Waals surface area contributed by atoms with Crippen molar-refractivity contribution in [2.75, 3.05) is 32.8 Å². The summed E-state index contributed by atoms with van der Waals surface area (Å²) in [5.41, 5.74) is 1.78. The van der Waals surface area contributed by atoms with E-state index in [1.807, 2.05) is 0 Å². The van der Waals surface area contributed by atoms with Crippen molar-refractivity contribution in [2.45, 2.75) is 31.1 Å². The van der Waals surface area contributed by atoms with Crippen LogP contribution in [0, 0.1) is 11.6 Å². The average Bonchev–Trinajstić information content (AvgIpc) is 3.44. The van der Waals surface area contributed by atoms with Crippen LogP contribution < -0.4 is 0 Å². The molecule has 0 N–H and O–H groups in total. The zero-order chi connectivity index (χ0) is 22.1. The lowest BCUT2D eigenvalue weighted by atomic mass is 9.98. The fraction of sp³-hybridized carbons (Fsp3) is 0.417. The topological polar surface area (TPSA) is 54.4 Å². The molecular weight excluding hydrogens is 416 g/mol. The molecule has 2 aromatic rings. The van der Waals surface area contributed by atoms with Crippen molar-refractivity contribution in [3.63, 3.8) is 0 Å². The molecule has 8 heteroatoms. The number of hydrazone groups is 1. The van der Waals surface area contributed by atoms with Crippen molar-refractivity contribution >= 4 is 11.6 Å². The molecule has 6 nitrogen and oxygen atoms in total. The predicted octanol–water partition coefficient (Wildman–Crippen LogP) is 3.48. The molecule has 0 bridgehead atoms. The Labute approximate surface area is 185 Å². The summed E-state index contributed by atoms with van der Waals surface area (Å²) in [7, 11) is 0. The summed E-state index contributed by atoms with van der Waals surface area (Å²) in [5, 5.41) is 5.95. The molecule has 3 heterocycles. The quantitative estimate of drug-likeness (QED) is 0.729. The van der Waals surface area contributed by atoms with Crippen molar-refractivity contribution in [3.8, 4) is 0 Å². The number of carbonyl (C=O) groups excluding carboxylic acids is 1. The Morgan fingerprint density at radius 1 is 1.03 bits per heavy atom. The fourth-order valence-electron chi connectivity index (χ4n) is 4.65. The Hall–Kier alpha value is -2.68. The molecular formula is C24H25F2N3O3. The normalized spacial score (nSPS) is 23.0. The van der Waals surface area contributed by atoms with E-state index in [0.717, 1.165) is 5.56 Å². The van der Waals surface area contributed by atoms with E-state index in [1.165, 1.54) is 23.2 Å². The van der Waals surface area contributed by atoms with Gasteiger partial charge in [-0.25, -0.2) is 13.8 Å². The number of amides is 1. The van der Waals surface area contributed by atoms with E-state index in [2.05, 4.69) is 10.0 Å². The molecule has 2 fully saturated rings. The van der Waals surface area contributed by atoms with Gasteiger partial charge in [-0.05, 0) is 23.8 Å². The van der Waals surface area contributed by atoms with Crippen LogP contribution in [0.2, 0.25) is 0 Å². The van der Waals surface area contributed by atoms with Crippen LogP contribution in [-0.2, 0) is 14.3 Å². The molecule has 1 atom stereocenters. The lowest BCUT2D eigenvalue weighted by Gasteiger charge is -2.37. The molecule has 0 radical (unpaired) electrons. The Kier molecular flexibility index (Phi) is 5.75. The first kappa shape index (κ1) is 21.2. The summed E-state index contributed by atoms with van der Waals surface area (Å²) in [4.78, 5) is 15.3.